The zero-order chi connectivity index (χ0) is 14.1. The summed E-state index contributed by atoms with van der Waals surface area (Å²) in [5.74, 6) is 1.13. The van der Waals surface area contributed by atoms with E-state index in [1.54, 1.807) is 0 Å². The molecule has 0 fully saturated rings. The van der Waals surface area contributed by atoms with Gasteiger partial charge in [0.2, 0.25) is 0 Å². The van der Waals surface area contributed by atoms with Gasteiger partial charge in [0.05, 0.1) is 5.69 Å². The van der Waals surface area contributed by atoms with Crippen molar-refractivity contribution in [3.8, 4) is 0 Å². The van der Waals surface area contributed by atoms with Gasteiger partial charge >= 0.3 is 0 Å². The van der Waals surface area contributed by atoms with Gasteiger partial charge in [0.1, 0.15) is 5.52 Å². The zero-order valence-electron chi connectivity index (χ0n) is 11.8. The third-order valence-corrected chi connectivity index (χ3v) is 3.45. The van der Waals surface area contributed by atoms with Crippen LogP contribution in [0.25, 0.3) is 11.1 Å². The predicted octanol–water partition coefficient (Wildman–Crippen LogP) is 4.12. The standard InChI is InChI=1S/C17H18N2O/c1-11(2)13-9-14(18)17-15(10-13)19-16(20-17)8-12-6-4-3-5-7-12/h3-7,9-11H,8,18H2,1-2H3. The fraction of sp³-hybridized carbons (Fsp3) is 0.235. The molecular weight excluding hydrogens is 248 g/mol. The lowest BCUT2D eigenvalue weighted by molar-refractivity contribution is 0.545. The maximum absolute atomic E-state index is 6.07. The van der Waals surface area contributed by atoms with Crippen LogP contribution in [0, 0.1) is 0 Å². The Labute approximate surface area is 118 Å². The van der Waals surface area contributed by atoms with E-state index in [0.717, 1.165) is 5.52 Å². The number of aromatic nitrogens is 1. The van der Waals surface area contributed by atoms with E-state index in [2.05, 4.69) is 37.0 Å². The average molecular weight is 266 g/mol. The van der Waals surface area contributed by atoms with Crippen LogP contribution in [0.15, 0.2) is 46.9 Å². The monoisotopic (exact) mass is 266 g/mol. The molecule has 2 aromatic carbocycles. The number of hydrogen-bond donors (Lipinski definition) is 1. The highest BCUT2D eigenvalue weighted by atomic mass is 16.3. The molecule has 2 N–H and O–H groups in total. The molecule has 1 heterocycles. The van der Waals surface area contributed by atoms with E-state index >= 15 is 0 Å². The molecule has 0 aliphatic heterocycles. The van der Waals surface area contributed by atoms with Gasteiger partial charge in [-0.3, -0.25) is 0 Å². The van der Waals surface area contributed by atoms with Crippen molar-refractivity contribution in [2.24, 2.45) is 0 Å². The number of benzene rings is 2. The van der Waals surface area contributed by atoms with Crippen LogP contribution in [0.5, 0.6) is 0 Å². The molecule has 0 bridgehead atoms. The highest BCUT2D eigenvalue weighted by Crippen LogP contribution is 2.28. The van der Waals surface area contributed by atoms with Gasteiger partial charge in [-0.15, -0.1) is 0 Å². The number of hydrogen-bond acceptors (Lipinski definition) is 3. The van der Waals surface area contributed by atoms with Crippen LogP contribution in [-0.2, 0) is 6.42 Å². The van der Waals surface area contributed by atoms with Crippen molar-refractivity contribution in [2.75, 3.05) is 5.73 Å². The molecule has 0 spiro atoms. The molecule has 20 heavy (non-hydrogen) atoms. The largest absolute Gasteiger partial charge is 0.438 e. The van der Waals surface area contributed by atoms with Crippen molar-refractivity contribution in [3.63, 3.8) is 0 Å². The average Bonchev–Trinajstić information content (AvgIpc) is 2.83. The summed E-state index contributed by atoms with van der Waals surface area (Å²) in [5.41, 5.74) is 10.6. The number of nitrogens with two attached hydrogens (primary N) is 1. The Morgan fingerprint density at radius 3 is 2.60 bits per heavy atom. The molecule has 3 aromatic rings. The van der Waals surface area contributed by atoms with E-state index in [4.69, 9.17) is 10.2 Å². The molecule has 0 saturated carbocycles. The number of rotatable bonds is 3. The Balaban J connectivity index is 2.00. The SMILES string of the molecule is CC(C)c1cc(N)c2oc(Cc3ccccc3)nc2c1. The van der Waals surface area contributed by atoms with Crippen molar-refractivity contribution >= 4 is 16.8 Å². The molecule has 3 rings (SSSR count). The number of nitrogen functional groups attached to an aromatic ring is 1. The summed E-state index contributed by atoms with van der Waals surface area (Å²) in [6.45, 7) is 4.29. The number of fused-ring (bicyclic) bond motifs is 1. The minimum atomic E-state index is 0.427. The molecular formula is C17H18N2O. The Morgan fingerprint density at radius 1 is 1.15 bits per heavy atom. The molecule has 1 aromatic heterocycles. The van der Waals surface area contributed by atoms with Gasteiger partial charge in [-0.25, -0.2) is 4.98 Å². The van der Waals surface area contributed by atoms with Gasteiger partial charge in [0, 0.05) is 6.42 Å². The highest BCUT2D eigenvalue weighted by Gasteiger charge is 2.12. The Morgan fingerprint density at radius 2 is 1.90 bits per heavy atom. The molecule has 3 heteroatoms. The lowest BCUT2D eigenvalue weighted by Crippen LogP contribution is -1.92. The van der Waals surface area contributed by atoms with Crippen LogP contribution >= 0.6 is 0 Å². The quantitative estimate of drug-likeness (QED) is 0.725. The maximum atomic E-state index is 6.07. The first-order valence-electron chi connectivity index (χ1n) is 6.86. The first kappa shape index (κ1) is 12.7. The third kappa shape index (κ3) is 2.39. The van der Waals surface area contributed by atoms with E-state index in [1.165, 1.54) is 11.1 Å². The first-order valence-corrected chi connectivity index (χ1v) is 6.86. The Hall–Kier alpha value is -2.29. The van der Waals surface area contributed by atoms with Gasteiger partial charge in [-0.2, -0.15) is 0 Å². The van der Waals surface area contributed by atoms with Crippen molar-refractivity contribution in [3.05, 3.63) is 59.5 Å². The number of anilines is 1. The van der Waals surface area contributed by atoms with Crippen molar-refractivity contribution in [1.29, 1.82) is 0 Å². The van der Waals surface area contributed by atoms with Gasteiger partial charge in [0.15, 0.2) is 11.5 Å². The summed E-state index contributed by atoms with van der Waals surface area (Å²) < 4.78 is 5.80. The summed E-state index contributed by atoms with van der Waals surface area (Å²) in [6, 6.07) is 14.2. The molecule has 0 radical (unpaired) electrons. The van der Waals surface area contributed by atoms with Crippen LogP contribution in [0.2, 0.25) is 0 Å². The Bertz CT molecular complexity index is 729. The molecule has 0 aliphatic rings. The van der Waals surface area contributed by atoms with Gasteiger partial charge in [-0.05, 0) is 29.2 Å². The lowest BCUT2D eigenvalue weighted by atomic mass is 10.0. The fourth-order valence-electron chi connectivity index (χ4n) is 2.31. The molecule has 0 amide bonds. The lowest BCUT2D eigenvalue weighted by Gasteiger charge is -2.05. The summed E-state index contributed by atoms with van der Waals surface area (Å²) >= 11 is 0. The Kier molecular flexibility index (Phi) is 3.18. The van der Waals surface area contributed by atoms with Crippen LogP contribution in [0.4, 0.5) is 5.69 Å². The second-order valence-electron chi connectivity index (χ2n) is 5.38. The predicted molar refractivity (Wildman–Crippen MR) is 81.8 cm³/mol. The van der Waals surface area contributed by atoms with Crippen LogP contribution in [0.1, 0.15) is 36.8 Å². The second kappa shape index (κ2) is 5.00. The smallest absolute Gasteiger partial charge is 0.200 e. The minimum Gasteiger partial charge on any atom is -0.438 e. The van der Waals surface area contributed by atoms with Crippen LogP contribution in [0.3, 0.4) is 0 Å². The first-order chi connectivity index (χ1) is 9.63. The van der Waals surface area contributed by atoms with Gasteiger partial charge < -0.3 is 10.2 Å². The summed E-state index contributed by atoms with van der Waals surface area (Å²) in [6.07, 6.45) is 0.686. The summed E-state index contributed by atoms with van der Waals surface area (Å²) in [5, 5.41) is 0. The topological polar surface area (TPSA) is 52.0 Å². The number of oxazole rings is 1. The van der Waals surface area contributed by atoms with E-state index in [0.29, 0.717) is 29.5 Å². The molecule has 3 nitrogen and oxygen atoms in total. The van der Waals surface area contributed by atoms with E-state index in [-0.39, 0.29) is 0 Å². The van der Waals surface area contributed by atoms with Crippen molar-refractivity contribution in [2.45, 2.75) is 26.2 Å². The number of nitrogens with zero attached hydrogens (tertiary/aromatic N) is 1. The third-order valence-electron chi connectivity index (χ3n) is 3.45. The minimum absolute atomic E-state index is 0.427. The van der Waals surface area contributed by atoms with E-state index in [9.17, 15) is 0 Å². The summed E-state index contributed by atoms with van der Waals surface area (Å²) in [4.78, 5) is 4.57. The van der Waals surface area contributed by atoms with Crippen LogP contribution in [-0.4, -0.2) is 4.98 Å². The van der Waals surface area contributed by atoms with Crippen molar-refractivity contribution in [1.82, 2.24) is 4.98 Å². The van der Waals surface area contributed by atoms with Crippen LogP contribution < -0.4 is 5.73 Å². The van der Waals surface area contributed by atoms with Gasteiger partial charge in [-0.1, -0.05) is 44.2 Å². The molecule has 0 unspecified atom stereocenters. The maximum Gasteiger partial charge on any atom is 0.200 e. The highest BCUT2D eigenvalue weighted by molar-refractivity contribution is 5.86. The fourth-order valence-corrected chi connectivity index (χ4v) is 2.31. The van der Waals surface area contributed by atoms with E-state index in [1.807, 2.05) is 24.3 Å². The molecule has 0 aliphatic carbocycles. The van der Waals surface area contributed by atoms with Crippen molar-refractivity contribution < 1.29 is 4.42 Å². The molecule has 0 atom stereocenters. The second-order valence-corrected chi connectivity index (χ2v) is 5.38. The van der Waals surface area contributed by atoms with E-state index < -0.39 is 0 Å². The molecule has 102 valence electrons. The van der Waals surface area contributed by atoms with Gasteiger partial charge in [0.25, 0.3) is 0 Å². The zero-order valence-corrected chi connectivity index (χ0v) is 11.8. The molecule has 0 saturated heterocycles. The normalized spacial score (nSPS) is 11.3. The summed E-state index contributed by atoms with van der Waals surface area (Å²) in [7, 11) is 0.